The van der Waals surface area contributed by atoms with Crippen LogP contribution in [-0.2, 0) is 9.53 Å². The van der Waals surface area contributed by atoms with Gasteiger partial charge in [0.15, 0.2) is 0 Å². The zero-order valence-corrected chi connectivity index (χ0v) is 12.9. The summed E-state index contributed by atoms with van der Waals surface area (Å²) in [6.45, 7) is 6.05. The number of rotatable bonds is 6. The number of esters is 1. The maximum Gasteiger partial charge on any atom is 0.340 e. The van der Waals surface area contributed by atoms with E-state index in [9.17, 15) is 9.59 Å². The molecule has 6 heteroatoms. The number of hydrogen-bond acceptors (Lipinski definition) is 5. The lowest BCUT2D eigenvalue weighted by atomic mass is 9.92. The summed E-state index contributed by atoms with van der Waals surface area (Å²) in [7, 11) is 1.59. The van der Waals surface area contributed by atoms with Crippen LogP contribution in [0.15, 0.2) is 18.2 Å². The second kappa shape index (κ2) is 6.97. The van der Waals surface area contributed by atoms with Crippen LogP contribution in [-0.4, -0.2) is 32.1 Å². The molecule has 0 aliphatic heterocycles. The highest BCUT2D eigenvalue weighted by atomic mass is 16.5. The molecular formula is C15H23N3O3. The van der Waals surface area contributed by atoms with E-state index in [1.54, 1.807) is 32.2 Å². The minimum absolute atomic E-state index is 0.0804. The van der Waals surface area contributed by atoms with Crippen LogP contribution in [0.2, 0.25) is 0 Å². The number of carbonyl (C=O) groups is 2. The third-order valence-electron chi connectivity index (χ3n) is 3.10. The molecule has 0 aliphatic rings. The summed E-state index contributed by atoms with van der Waals surface area (Å²) in [5.74, 6) is -0.520. The summed E-state index contributed by atoms with van der Waals surface area (Å²) in [6, 6.07) is 4.96. The number of anilines is 2. The smallest absolute Gasteiger partial charge is 0.340 e. The lowest BCUT2D eigenvalue weighted by Gasteiger charge is -2.24. The molecule has 0 saturated carbocycles. The van der Waals surface area contributed by atoms with Gasteiger partial charge in [0.1, 0.15) is 0 Å². The SMILES string of the molecule is CCOC(=O)c1cc(N)ccc1NCC(C)(C)C(=O)NC. The molecule has 0 unspecified atom stereocenters. The molecule has 1 aromatic carbocycles. The van der Waals surface area contributed by atoms with Crippen LogP contribution >= 0.6 is 0 Å². The van der Waals surface area contributed by atoms with Crippen LogP contribution in [0, 0.1) is 5.41 Å². The van der Waals surface area contributed by atoms with Crippen LogP contribution in [0.3, 0.4) is 0 Å². The van der Waals surface area contributed by atoms with Gasteiger partial charge in [0.25, 0.3) is 0 Å². The first-order valence-electron chi connectivity index (χ1n) is 6.84. The molecule has 1 rings (SSSR count). The van der Waals surface area contributed by atoms with Crippen molar-refractivity contribution in [3.05, 3.63) is 23.8 Å². The fraction of sp³-hybridized carbons (Fsp3) is 0.467. The van der Waals surface area contributed by atoms with Crippen molar-refractivity contribution < 1.29 is 14.3 Å². The van der Waals surface area contributed by atoms with E-state index in [0.29, 0.717) is 23.5 Å². The van der Waals surface area contributed by atoms with Crippen molar-refractivity contribution in [3.8, 4) is 0 Å². The maximum atomic E-state index is 11.9. The van der Waals surface area contributed by atoms with Crippen LogP contribution in [0.4, 0.5) is 11.4 Å². The highest BCUT2D eigenvalue weighted by Crippen LogP contribution is 2.23. The molecule has 4 N–H and O–H groups in total. The van der Waals surface area contributed by atoms with Gasteiger partial charge in [-0.1, -0.05) is 0 Å². The minimum Gasteiger partial charge on any atom is -0.462 e. The van der Waals surface area contributed by atoms with Crippen molar-refractivity contribution in [1.29, 1.82) is 0 Å². The summed E-state index contributed by atoms with van der Waals surface area (Å²) in [4.78, 5) is 23.7. The molecule has 6 nitrogen and oxygen atoms in total. The van der Waals surface area contributed by atoms with Gasteiger partial charge >= 0.3 is 5.97 Å². The van der Waals surface area contributed by atoms with Gasteiger partial charge in [-0.15, -0.1) is 0 Å². The first-order valence-corrected chi connectivity index (χ1v) is 6.84. The van der Waals surface area contributed by atoms with Crippen LogP contribution in [0.25, 0.3) is 0 Å². The number of nitrogen functional groups attached to an aromatic ring is 1. The molecule has 0 heterocycles. The van der Waals surface area contributed by atoms with Gasteiger partial charge in [-0.25, -0.2) is 4.79 Å². The average molecular weight is 293 g/mol. The van der Waals surface area contributed by atoms with E-state index in [4.69, 9.17) is 10.5 Å². The predicted octanol–water partition coefficient (Wildman–Crippen LogP) is 1.63. The summed E-state index contributed by atoms with van der Waals surface area (Å²) in [5.41, 5.74) is 6.55. The third-order valence-corrected chi connectivity index (χ3v) is 3.10. The Morgan fingerprint density at radius 3 is 2.57 bits per heavy atom. The van der Waals surface area contributed by atoms with E-state index >= 15 is 0 Å². The molecule has 116 valence electrons. The second-order valence-electron chi connectivity index (χ2n) is 5.34. The van der Waals surface area contributed by atoms with E-state index in [1.807, 2.05) is 13.8 Å². The van der Waals surface area contributed by atoms with E-state index in [0.717, 1.165) is 0 Å². The average Bonchev–Trinajstić information content (AvgIpc) is 2.45. The molecule has 0 aromatic heterocycles. The molecule has 0 fully saturated rings. The number of ether oxygens (including phenoxy) is 1. The number of amides is 1. The maximum absolute atomic E-state index is 11.9. The molecule has 0 bridgehead atoms. The first-order chi connectivity index (χ1) is 9.81. The number of carbonyl (C=O) groups excluding carboxylic acids is 2. The minimum atomic E-state index is -0.609. The van der Waals surface area contributed by atoms with Gasteiger partial charge < -0.3 is 21.1 Å². The highest BCUT2D eigenvalue weighted by molar-refractivity contribution is 5.96. The van der Waals surface area contributed by atoms with Crippen LogP contribution in [0.5, 0.6) is 0 Å². The zero-order chi connectivity index (χ0) is 16.0. The Labute approximate surface area is 125 Å². The Bertz CT molecular complexity index is 527. The lowest BCUT2D eigenvalue weighted by molar-refractivity contribution is -0.128. The van der Waals surface area contributed by atoms with Crippen molar-refractivity contribution in [1.82, 2.24) is 5.32 Å². The molecular weight excluding hydrogens is 270 g/mol. The van der Waals surface area contributed by atoms with Crippen molar-refractivity contribution in [2.75, 3.05) is 31.2 Å². The second-order valence-corrected chi connectivity index (χ2v) is 5.34. The molecule has 0 atom stereocenters. The van der Waals surface area contributed by atoms with Crippen molar-refractivity contribution >= 4 is 23.3 Å². The Hall–Kier alpha value is -2.24. The molecule has 1 amide bonds. The number of hydrogen-bond donors (Lipinski definition) is 3. The van der Waals surface area contributed by atoms with Crippen LogP contribution < -0.4 is 16.4 Å². The van der Waals surface area contributed by atoms with E-state index in [2.05, 4.69) is 10.6 Å². The van der Waals surface area contributed by atoms with Gasteiger partial charge in [0.05, 0.1) is 17.6 Å². The molecule has 0 radical (unpaired) electrons. The van der Waals surface area contributed by atoms with Gasteiger partial charge in [-0.05, 0) is 39.0 Å². The molecule has 0 saturated heterocycles. The third kappa shape index (κ3) is 4.37. The van der Waals surface area contributed by atoms with Crippen molar-refractivity contribution in [2.45, 2.75) is 20.8 Å². The topological polar surface area (TPSA) is 93.4 Å². The Kier molecular flexibility index (Phi) is 5.58. The Morgan fingerprint density at radius 1 is 1.33 bits per heavy atom. The van der Waals surface area contributed by atoms with E-state index in [1.165, 1.54) is 0 Å². The molecule has 0 spiro atoms. The monoisotopic (exact) mass is 293 g/mol. The summed E-state index contributed by atoms with van der Waals surface area (Å²) in [5, 5.41) is 5.74. The summed E-state index contributed by atoms with van der Waals surface area (Å²) in [6.07, 6.45) is 0. The van der Waals surface area contributed by atoms with E-state index in [-0.39, 0.29) is 12.5 Å². The summed E-state index contributed by atoms with van der Waals surface area (Å²) < 4.78 is 5.01. The first kappa shape index (κ1) is 16.8. The summed E-state index contributed by atoms with van der Waals surface area (Å²) >= 11 is 0. The van der Waals surface area contributed by atoms with Gasteiger partial charge in [0.2, 0.25) is 5.91 Å². The van der Waals surface area contributed by atoms with Crippen molar-refractivity contribution in [3.63, 3.8) is 0 Å². The normalized spacial score (nSPS) is 10.9. The number of nitrogens with two attached hydrogens (primary N) is 1. The van der Waals surface area contributed by atoms with E-state index < -0.39 is 11.4 Å². The zero-order valence-electron chi connectivity index (χ0n) is 12.9. The standard InChI is InChI=1S/C15H23N3O3/c1-5-21-13(19)11-8-10(16)6-7-12(11)18-9-15(2,3)14(20)17-4/h6-8,18H,5,9,16H2,1-4H3,(H,17,20). The fourth-order valence-electron chi connectivity index (χ4n) is 1.83. The van der Waals surface area contributed by atoms with Gasteiger partial charge in [0, 0.05) is 25.0 Å². The lowest BCUT2D eigenvalue weighted by Crippen LogP contribution is -2.39. The quantitative estimate of drug-likeness (QED) is 0.547. The van der Waals surface area contributed by atoms with Gasteiger partial charge in [-0.3, -0.25) is 4.79 Å². The molecule has 1 aromatic rings. The van der Waals surface area contributed by atoms with Crippen LogP contribution in [0.1, 0.15) is 31.1 Å². The van der Waals surface area contributed by atoms with Crippen molar-refractivity contribution in [2.24, 2.45) is 5.41 Å². The number of benzene rings is 1. The Balaban J connectivity index is 2.93. The Morgan fingerprint density at radius 2 is 2.00 bits per heavy atom. The predicted molar refractivity (Wildman–Crippen MR) is 83.1 cm³/mol. The highest BCUT2D eigenvalue weighted by Gasteiger charge is 2.27. The molecule has 21 heavy (non-hydrogen) atoms. The largest absolute Gasteiger partial charge is 0.462 e. The molecule has 0 aliphatic carbocycles. The van der Waals surface area contributed by atoms with Gasteiger partial charge in [-0.2, -0.15) is 0 Å². The fourth-order valence-corrected chi connectivity index (χ4v) is 1.83. The number of nitrogens with one attached hydrogen (secondary N) is 2.